The molecule has 0 spiro atoms. The molecule has 2 N–H and O–H groups in total. The SMILES string of the molecule is CNC(C)Cc1csc(C2CCNC2)n1. The molecule has 2 atom stereocenters. The van der Waals surface area contributed by atoms with Crippen molar-refractivity contribution in [2.24, 2.45) is 0 Å². The summed E-state index contributed by atoms with van der Waals surface area (Å²) in [6, 6.07) is 0.515. The largest absolute Gasteiger partial charge is 0.317 e. The van der Waals surface area contributed by atoms with Crippen LogP contribution in [0, 0.1) is 0 Å². The summed E-state index contributed by atoms with van der Waals surface area (Å²) >= 11 is 1.82. The summed E-state index contributed by atoms with van der Waals surface area (Å²) in [6.07, 6.45) is 2.28. The zero-order valence-corrected chi connectivity index (χ0v) is 10.2. The van der Waals surface area contributed by atoms with E-state index in [4.69, 9.17) is 4.98 Å². The van der Waals surface area contributed by atoms with Crippen LogP contribution in [0.25, 0.3) is 0 Å². The van der Waals surface area contributed by atoms with Crippen LogP contribution in [0.1, 0.15) is 30.0 Å². The predicted molar refractivity (Wildman–Crippen MR) is 64.6 cm³/mol. The molecule has 15 heavy (non-hydrogen) atoms. The van der Waals surface area contributed by atoms with Crippen molar-refractivity contribution in [3.8, 4) is 0 Å². The zero-order chi connectivity index (χ0) is 10.7. The summed E-state index contributed by atoms with van der Waals surface area (Å²) in [4.78, 5) is 4.72. The summed E-state index contributed by atoms with van der Waals surface area (Å²) in [6.45, 7) is 4.44. The molecular weight excluding hydrogens is 206 g/mol. The van der Waals surface area contributed by atoms with E-state index in [9.17, 15) is 0 Å². The van der Waals surface area contributed by atoms with E-state index in [-0.39, 0.29) is 0 Å². The van der Waals surface area contributed by atoms with E-state index >= 15 is 0 Å². The molecule has 1 aliphatic rings. The van der Waals surface area contributed by atoms with Gasteiger partial charge in [0.15, 0.2) is 0 Å². The van der Waals surface area contributed by atoms with Gasteiger partial charge in [-0.3, -0.25) is 0 Å². The molecular formula is C11H19N3S. The first kappa shape index (κ1) is 11.0. The lowest BCUT2D eigenvalue weighted by atomic mass is 10.1. The summed E-state index contributed by atoms with van der Waals surface area (Å²) in [5, 5.41) is 10.2. The molecule has 1 fully saturated rings. The van der Waals surface area contributed by atoms with Crippen LogP contribution in [-0.4, -0.2) is 31.2 Å². The predicted octanol–water partition coefficient (Wildman–Crippen LogP) is 1.37. The normalized spacial score (nSPS) is 23.2. The van der Waals surface area contributed by atoms with Crippen molar-refractivity contribution in [1.82, 2.24) is 15.6 Å². The van der Waals surface area contributed by atoms with Gasteiger partial charge < -0.3 is 10.6 Å². The molecule has 1 aromatic rings. The summed E-state index contributed by atoms with van der Waals surface area (Å²) < 4.78 is 0. The molecule has 1 aromatic heterocycles. The third kappa shape index (κ3) is 2.77. The van der Waals surface area contributed by atoms with E-state index in [0.717, 1.165) is 19.5 Å². The van der Waals surface area contributed by atoms with Gasteiger partial charge in [0.05, 0.1) is 10.7 Å². The second-order valence-electron chi connectivity index (χ2n) is 4.26. The molecule has 0 aliphatic carbocycles. The van der Waals surface area contributed by atoms with Crippen molar-refractivity contribution in [3.63, 3.8) is 0 Å². The molecule has 0 saturated carbocycles. The number of hydrogen-bond donors (Lipinski definition) is 2. The van der Waals surface area contributed by atoms with Crippen LogP contribution in [0.4, 0.5) is 0 Å². The highest BCUT2D eigenvalue weighted by molar-refractivity contribution is 7.09. The third-order valence-corrected chi connectivity index (χ3v) is 4.04. The minimum absolute atomic E-state index is 0.515. The van der Waals surface area contributed by atoms with Crippen LogP contribution in [-0.2, 0) is 6.42 Å². The highest BCUT2D eigenvalue weighted by atomic mass is 32.1. The van der Waals surface area contributed by atoms with E-state index in [1.807, 2.05) is 18.4 Å². The molecule has 2 rings (SSSR count). The van der Waals surface area contributed by atoms with Gasteiger partial charge in [-0.15, -0.1) is 11.3 Å². The third-order valence-electron chi connectivity index (χ3n) is 2.99. The van der Waals surface area contributed by atoms with Crippen LogP contribution in [0.2, 0.25) is 0 Å². The standard InChI is InChI=1S/C11H19N3S/c1-8(12-2)5-10-7-15-11(14-10)9-3-4-13-6-9/h7-9,12-13H,3-6H2,1-2H3. The highest BCUT2D eigenvalue weighted by Gasteiger charge is 2.19. The van der Waals surface area contributed by atoms with Gasteiger partial charge in [-0.05, 0) is 26.9 Å². The summed E-state index contributed by atoms with van der Waals surface area (Å²) in [7, 11) is 2.00. The van der Waals surface area contributed by atoms with Crippen molar-refractivity contribution in [2.45, 2.75) is 31.7 Å². The molecule has 2 heterocycles. The molecule has 1 aliphatic heterocycles. The lowest BCUT2D eigenvalue weighted by molar-refractivity contribution is 0.600. The Labute approximate surface area is 95.3 Å². The number of nitrogens with zero attached hydrogens (tertiary/aromatic N) is 1. The molecule has 0 amide bonds. The Hall–Kier alpha value is -0.450. The number of hydrogen-bond acceptors (Lipinski definition) is 4. The van der Waals surface area contributed by atoms with Gasteiger partial charge in [-0.1, -0.05) is 0 Å². The molecule has 1 saturated heterocycles. The minimum Gasteiger partial charge on any atom is -0.317 e. The van der Waals surface area contributed by atoms with E-state index in [1.54, 1.807) is 0 Å². The first-order valence-corrected chi connectivity index (χ1v) is 6.50. The monoisotopic (exact) mass is 225 g/mol. The first-order valence-electron chi connectivity index (χ1n) is 5.62. The van der Waals surface area contributed by atoms with Gasteiger partial charge in [0.2, 0.25) is 0 Å². The van der Waals surface area contributed by atoms with Gasteiger partial charge in [0.1, 0.15) is 0 Å². The molecule has 2 unspecified atom stereocenters. The van der Waals surface area contributed by atoms with Crippen LogP contribution in [0.3, 0.4) is 0 Å². The Kier molecular flexibility index (Phi) is 3.72. The molecule has 4 heteroatoms. The molecule has 0 aromatic carbocycles. The highest BCUT2D eigenvalue weighted by Crippen LogP contribution is 2.25. The van der Waals surface area contributed by atoms with Crippen LogP contribution < -0.4 is 10.6 Å². The Bertz CT molecular complexity index is 305. The van der Waals surface area contributed by atoms with E-state index < -0.39 is 0 Å². The van der Waals surface area contributed by atoms with E-state index in [1.165, 1.54) is 17.1 Å². The molecule has 84 valence electrons. The van der Waals surface area contributed by atoms with Gasteiger partial charge in [-0.25, -0.2) is 4.98 Å². The maximum absolute atomic E-state index is 4.72. The molecule has 3 nitrogen and oxygen atoms in total. The van der Waals surface area contributed by atoms with E-state index in [0.29, 0.717) is 12.0 Å². The Morgan fingerprint density at radius 1 is 1.73 bits per heavy atom. The lowest BCUT2D eigenvalue weighted by Gasteiger charge is -2.07. The van der Waals surface area contributed by atoms with Crippen molar-refractivity contribution < 1.29 is 0 Å². The van der Waals surface area contributed by atoms with Crippen molar-refractivity contribution in [2.75, 3.05) is 20.1 Å². The van der Waals surface area contributed by atoms with Crippen LogP contribution >= 0.6 is 11.3 Å². The second kappa shape index (κ2) is 5.05. The smallest absolute Gasteiger partial charge is 0.0972 e. The number of nitrogens with one attached hydrogen (secondary N) is 2. The fourth-order valence-electron chi connectivity index (χ4n) is 1.89. The number of thiazole rings is 1. The zero-order valence-electron chi connectivity index (χ0n) is 9.42. The van der Waals surface area contributed by atoms with Crippen molar-refractivity contribution >= 4 is 11.3 Å². The minimum atomic E-state index is 0.515. The topological polar surface area (TPSA) is 37.0 Å². The van der Waals surface area contributed by atoms with Crippen LogP contribution in [0.15, 0.2) is 5.38 Å². The summed E-state index contributed by atoms with van der Waals surface area (Å²) in [5.74, 6) is 0.661. The number of rotatable bonds is 4. The van der Waals surface area contributed by atoms with Crippen molar-refractivity contribution in [1.29, 1.82) is 0 Å². The molecule has 0 bridgehead atoms. The summed E-state index contributed by atoms with van der Waals surface area (Å²) in [5.41, 5.74) is 1.24. The van der Waals surface area contributed by atoms with Gasteiger partial charge in [-0.2, -0.15) is 0 Å². The fourth-order valence-corrected chi connectivity index (χ4v) is 2.85. The fraction of sp³-hybridized carbons (Fsp3) is 0.727. The average Bonchev–Trinajstić information content (AvgIpc) is 2.85. The van der Waals surface area contributed by atoms with Crippen LogP contribution in [0.5, 0.6) is 0 Å². The number of aromatic nitrogens is 1. The molecule has 0 radical (unpaired) electrons. The second-order valence-corrected chi connectivity index (χ2v) is 5.15. The van der Waals surface area contributed by atoms with Gasteiger partial charge >= 0.3 is 0 Å². The average molecular weight is 225 g/mol. The maximum atomic E-state index is 4.72. The van der Waals surface area contributed by atoms with Crippen molar-refractivity contribution in [3.05, 3.63) is 16.1 Å². The number of likely N-dealkylation sites (N-methyl/N-ethyl adjacent to an activating group) is 1. The van der Waals surface area contributed by atoms with Gasteiger partial charge in [0.25, 0.3) is 0 Å². The quantitative estimate of drug-likeness (QED) is 0.812. The Morgan fingerprint density at radius 3 is 3.27 bits per heavy atom. The Morgan fingerprint density at radius 2 is 2.60 bits per heavy atom. The first-order chi connectivity index (χ1) is 7.29. The van der Waals surface area contributed by atoms with Gasteiger partial charge in [0, 0.05) is 30.3 Å². The Balaban J connectivity index is 1.97. The lowest BCUT2D eigenvalue weighted by Crippen LogP contribution is -2.23. The van der Waals surface area contributed by atoms with E-state index in [2.05, 4.69) is 22.9 Å². The maximum Gasteiger partial charge on any atom is 0.0972 e.